The molecule has 1 aliphatic rings. The highest BCUT2D eigenvalue weighted by molar-refractivity contribution is 5.95. The Morgan fingerprint density at radius 2 is 2.35 bits per heavy atom. The van der Waals surface area contributed by atoms with E-state index in [0.29, 0.717) is 25.2 Å². The molecule has 0 bridgehead atoms. The SMILES string of the molecule is O=C(CN1CCC[C@H](C(=O)O)C1)c1ccc[nH]1. The Hall–Kier alpha value is -1.62. The van der Waals surface area contributed by atoms with E-state index >= 15 is 0 Å². The molecule has 0 spiro atoms. The fourth-order valence-corrected chi connectivity index (χ4v) is 2.19. The Kier molecular flexibility index (Phi) is 3.58. The fourth-order valence-electron chi connectivity index (χ4n) is 2.19. The zero-order valence-corrected chi connectivity index (χ0v) is 9.56. The third-order valence-electron chi connectivity index (χ3n) is 3.12. The molecule has 0 amide bonds. The van der Waals surface area contributed by atoms with Crippen molar-refractivity contribution in [3.63, 3.8) is 0 Å². The molecule has 92 valence electrons. The van der Waals surface area contributed by atoms with Gasteiger partial charge in [0.05, 0.1) is 18.2 Å². The summed E-state index contributed by atoms with van der Waals surface area (Å²) < 4.78 is 0. The van der Waals surface area contributed by atoms with Gasteiger partial charge in [-0.25, -0.2) is 0 Å². The van der Waals surface area contributed by atoms with Gasteiger partial charge in [-0.15, -0.1) is 0 Å². The van der Waals surface area contributed by atoms with Crippen LogP contribution in [0, 0.1) is 5.92 Å². The number of hydrogen-bond donors (Lipinski definition) is 2. The van der Waals surface area contributed by atoms with Crippen LogP contribution in [0.3, 0.4) is 0 Å². The van der Waals surface area contributed by atoms with Crippen molar-refractivity contribution in [2.45, 2.75) is 12.8 Å². The molecule has 5 nitrogen and oxygen atoms in total. The predicted molar refractivity (Wildman–Crippen MR) is 61.9 cm³/mol. The number of aromatic nitrogens is 1. The molecule has 1 aromatic heterocycles. The zero-order valence-electron chi connectivity index (χ0n) is 9.56. The Morgan fingerprint density at radius 1 is 1.53 bits per heavy atom. The highest BCUT2D eigenvalue weighted by Crippen LogP contribution is 2.16. The second kappa shape index (κ2) is 5.14. The lowest BCUT2D eigenvalue weighted by atomic mass is 9.98. The minimum absolute atomic E-state index is 0.0149. The van der Waals surface area contributed by atoms with Gasteiger partial charge in [0, 0.05) is 12.7 Å². The van der Waals surface area contributed by atoms with Crippen LogP contribution in [0.25, 0.3) is 0 Å². The fraction of sp³-hybridized carbons (Fsp3) is 0.500. The largest absolute Gasteiger partial charge is 0.481 e. The topological polar surface area (TPSA) is 73.4 Å². The van der Waals surface area contributed by atoms with Crippen LogP contribution in [0.2, 0.25) is 0 Å². The first-order chi connectivity index (χ1) is 8.16. The number of rotatable bonds is 4. The molecule has 2 heterocycles. The first-order valence-electron chi connectivity index (χ1n) is 5.78. The summed E-state index contributed by atoms with van der Waals surface area (Å²) in [5.74, 6) is -1.08. The molecule has 1 saturated heterocycles. The second-order valence-electron chi connectivity index (χ2n) is 4.42. The monoisotopic (exact) mass is 236 g/mol. The van der Waals surface area contributed by atoms with E-state index in [1.165, 1.54) is 0 Å². The van der Waals surface area contributed by atoms with E-state index in [2.05, 4.69) is 4.98 Å². The predicted octanol–water partition coefficient (Wildman–Crippen LogP) is 0.994. The van der Waals surface area contributed by atoms with Crippen molar-refractivity contribution in [2.75, 3.05) is 19.6 Å². The van der Waals surface area contributed by atoms with Crippen LogP contribution in [0.5, 0.6) is 0 Å². The maximum atomic E-state index is 11.8. The maximum absolute atomic E-state index is 11.8. The zero-order chi connectivity index (χ0) is 12.3. The lowest BCUT2D eigenvalue weighted by molar-refractivity contribution is -0.143. The van der Waals surface area contributed by atoms with Crippen LogP contribution < -0.4 is 0 Å². The molecule has 17 heavy (non-hydrogen) atoms. The quantitative estimate of drug-likeness (QED) is 0.765. The summed E-state index contributed by atoms with van der Waals surface area (Å²) in [5.41, 5.74) is 0.586. The van der Waals surface area contributed by atoms with E-state index in [0.717, 1.165) is 13.0 Å². The van der Waals surface area contributed by atoms with E-state index in [1.54, 1.807) is 18.3 Å². The van der Waals surface area contributed by atoms with E-state index < -0.39 is 5.97 Å². The van der Waals surface area contributed by atoms with Crippen LogP contribution in [-0.4, -0.2) is 46.4 Å². The van der Waals surface area contributed by atoms with E-state index in [4.69, 9.17) is 5.11 Å². The number of aliphatic carboxylic acids is 1. The van der Waals surface area contributed by atoms with Gasteiger partial charge in [-0.2, -0.15) is 0 Å². The summed E-state index contributed by atoms with van der Waals surface area (Å²) in [6.45, 7) is 1.57. The van der Waals surface area contributed by atoms with Gasteiger partial charge in [-0.1, -0.05) is 0 Å². The number of nitrogens with one attached hydrogen (secondary N) is 1. The number of aromatic amines is 1. The van der Waals surface area contributed by atoms with Crippen LogP contribution in [0.4, 0.5) is 0 Å². The van der Waals surface area contributed by atoms with E-state index in [1.807, 2.05) is 4.90 Å². The van der Waals surface area contributed by atoms with Crippen LogP contribution in [0.1, 0.15) is 23.3 Å². The van der Waals surface area contributed by atoms with Crippen molar-refractivity contribution in [3.05, 3.63) is 24.0 Å². The molecule has 1 aliphatic heterocycles. The van der Waals surface area contributed by atoms with Gasteiger partial charge in [-0.3, -0.25) is 14.5 Å². The third kappa shape index (κ3) is 2.94. The van der Waals surface area contributed by atoms with E-state index in [-0.39, 0.29) is 11.7 Å². The average molecular weight is 236 g/mol. The summed E-state index contributed by atoms with van der Waals surface area (Å²) in [6.07, 6.45) is 3.26. The molecule has 2 N–H and O–H groups in total. The molecule has 0 saturated carbocycles. The van der Waals surface area contributed by atoms with Crippen LogP contribution in [-0.2, 0) is 4.79 Å². The standard InChI is InChI=1S/C12H16N2O3/c15-11(10-4-1-5-13-10)8-14-6-2-3-9(7-14)12(16)17/h1,4-5,9,13H,2-3,6-8H2,(H,16,17)/t9-/m0/s1. The first kappa shape index (κ1) is 11.9. The lowest BCUT2D eigenvalue weighted by Crippen LogP contribution is -2.41. The molecule has 0 aliphatic carbocycles. The molecule has 2 rings (SSSR count). The Balaban J connectivity index is 1.91. The molecule has 0 unspecified atom stereocenters. The smallest absolute Gasteiger partial charge is 0.307 e. The first-order valence-corrected chi connectivity index (χ1v) is 5.78. The van der Waals surface area contributed by atoms with E-state index in [9.17, 15) is 9.59 Å². The number of carboxylic acids is 1. The van der Waals surface area contributed by atoms with Gasteiger partial charge in [0.2, 0.25) is 0 Å². The molecule has 1 aromatic rings. The molecule has 0 aromatic carbocycles. The van der Waals surface area contributed by atoms with Gasteiger partial charge in [0.15, 0.2) is 5.78 Å². The number of nitrogens with zero attached hydrogens (tertiary/aromatic N) is 1. The van der Waals surface area contributed by atoms with Gasteiger partial charge in [0.25, 0.3) is 0 Å². The Morgan fingerprint density at radius 3 is 3.00 bits per heavy atom. The molecule has 5 heteroatoms. The highest BCUT2D eigenvalue weighted by Gasteiger charge is 2.26. The molecule has 1 atom stereocenters. The molecule has 0 radical (unpaired) electrons. The Bertz CT molecular complexity index is 400. The van der Waals surface area contributed by atoms with Crippen molar-refractivity contribution in [3.8, 4) is 0 Å². The number of carboxylic acid groups (broad SMARTS) is 1. The van der Waals surface area contributed by atoms with Gasteiger partial charge in [-0.05, 0) is 31.5 Å². The van der Waals surface area contributed by atoms with Crippen molar-refractivity contribution < 1.29 is 14.7 Å². The number of Topliss-reactive ketones (excluding diaryl/α,β-unsaturated/α-hetero) is 1. The summed E-state index contributed by atoms with van der Waals surface area (Å²) in [6, 6.07) is 3.52. The number of carbonyl (C=O) groups is 2. The van der Waals surface area contributed by atoms with Crippen molar-refractivity contribution in [2.24, 2.45) is 5.92 Å². The van der Waals surface area contributed by atoms with Gasteiger partial charge >= 0.3 is 5.97 Å². The van der Waals surface area contributed by atoms with Crippen molar-refractivity contribution in [1.82, 2.24) is 9.88 Å². The van der Waals surface area contributed by atoms with Crippen LogP contribution >= 0.6 is 0 Å². The summed E-state index contributed by atoms with van der Waals surface area (Å²) in [4.78, 5) is 27.5. The number of ketones is 1. The lowest BCUT2D eigenvalue weighted by Gasteiger charge is -2.29. The second-order valence-corrected chi connectivity index (χ2v) is 4.42. The molecular formula is C12H16N2O3. The van der Waals surface area contributed by atoms with Crippen LogP contribution in [0.15, 0.2) is 18.3 Å². The highest BCUT2D eigenvalue weighted by atomic mass is 16.4. The summed E-state index contributed by atoms with van der Waals surface area (Å²) in [7, 11) is 0. The average Bonchev–Trinajstić information content (AvgIpc) is 2.82. The third-order valence-corrected chi connectivity index (χ3v) is 3.12. The maximum Gasteiger partial charge on any atom is 0.307 e. The Labute approximate surface area is 99.4 Å². The van der Waals surface area contributed by atoms with Crippen molar-refractivity contribution in [1.29, 1.82) is 0 Å². The van der Waals surface area contributed by atoms with Crippen molar-refractivity contribution >= 4 is 11.8 Å². The number of carbonyl (C=O) groups excluding carboxylic acids is 1. The normalized spacial score (nSPS) is 21.3. The minimum Gasteiger partial charge on any atom is -0.481 e. The van der Waals surface area contributed by atoms with Gasteiger partial charge < -0.3 is 10.1 Å². The van der Waals surface area contributed by atoms with Gasteiger partial charge in [0.1, 0.15) is 0 Å². The number of likely N-dealkylation sites (tertiary alicyclic amines) is 1. The number of hydrogen-bond acceptors (Lipinski definition) is 3. The molecular weight excluding hydrogens is 220 g/mol. The number of piperidine rings is 1. The number of H-pyrrole nitrogens is 1. The summed E-state index contributed by atoms with van der Waals surface area (Å²) >= 11 is 0. The summed E-state index contributed by atoms with van der Waals surface area (Å²) in [5, 5.41) is 8.96. The minimum atomic E-state index is -0.762. The molecule has 1 fully saturated rings.